The Morgan fingerprint density at radius 1 is 1.25 bits per heavy atom. The van der Waals surface area contributed by atoms with Gasteiger partial charge in [-0.15, -0.1) is 0 Å². The summed E-state index contributed by atoms with van der Waals surface area (Å²) in [6.07, 6.45) is 4.10. The molecule has 2 heterocycles. The minimum atomic E-state index is 0.515. The van der Waals surface area contributed by atoms with Gasteiger partial charge in [0.15, 0.2) is 12.0 Å². The van der Waals surface area contributed by atoms with E-state index in [2.05, 4.69) is 11.2 Å². The summed E-state index contributed by atoms with van der Waals surface area (Å²) in [5.41, 5.74) is 4.28. The lowest BCUT2D eigenvalue weighted by molar-refractivity contribution is 0.112. The van der Waals surface area contributed by atoms with E-state index in [4.69, 9.17) is 4.42 Å². The Balaban J connectivity index is 2.16. The maximum absolute atomic E-state index is 11.2. The molecule has 0 unspecified atom stereocenters. The van der Waals surface area contributed by atoms with Crippen LogP contribution in [0.4, 0.5) is 0 Å². The van der Waals surface area contributed by atoms with Crippen molar-refractivity contribution >= 4 is 6.29 Å². The fourth-order valence-corrected chi connectivity index (χ4v) is 2.17. The normalized spacial score (nSPS) is 10.7. The van der Waals surface area contributed by atoms with Crippen LogP contribution in [0.1, 0.15) is 21.5 Å². The summed E-state index contributed by atoms with van der Waals surface area (Å²) in [4.78, 5) is 11.2. The van der Waals surface area contributed by atoms with Crippen LogP contribution in [0.3, 0.4) is 0 Å². The summed E-state index contributed by atoms with van der Waals surface area (Å²) in [6, 6.07) is 9.71. The minimum Gasteiger partial charge on any atom is -0.463 e. The summed E-state index contributed by atoms with van der Waals surface area (Å²) in [6.45, 7) is 4.05. The van der Waals surface area contributed by atoms with E-state index in [1.807, 2.05) is 26.0 Å². The highest BCUT2D eigenvalue weighted by atomic mass is 16.3. The molecule has 0 aliphatic rings. The number of aldehydes is 1. The van der Waals surface area contributed by atoms with Crippen LogP contribution in [-0.4, -0.2) is 16.1 Å². The maximum Gasteiger partial charge on any atom is 0.154 e. The highest BCUT2D eigenvalue weighted by molar-refractivity contribution is 5.84. The van der Waals surface area contributed by atoms with Crippen molar-refractivity contribution in [1.29, 1.82) is 0 Å². The van der Waals surface area contributed by atoms with Gasteiger partial charge in [0.2, 0.25) is 0 Å². The number of rotatable bonds is 3. The topological polar surface area (TPSA) is 48.0 Å². The van der Waals surface area contributed by atoms with Gasteiger partial charge in [-0.05, 0) is 43.2 Å². The Bertz CT molecular complexity index is 755. The Morgan fingerprint density at radius 2 is 2.10 bits per heavy atom. The fraction of sp³-hybridized carbons (Fsp3) is 0.125. The Labute approximate surface area is 116 Å². The summed E-state index contributed by atoms with van der Waals surface area (Å²) in [5, 5.41) is 4.49. The Hall–Kier alpha value is -2.62. The van der Waals surface area contributed by atoms with Gasteiger partial charge in [-0.3, -0.25) is 4.79 Å². The summed E-state index contributed by atoms with van der Waals surface area (Å²) < 4.78 is 7.06. The monoisotopic (exact) mass is 266 g/mol. The molecular weight excluding hydrogens is 252 g/mol. The molecule has 100 valence electrons. The molecule has 20 heavy (non-hydrogen) atoms. The van der Waals surface area contributed by atoms with Gasteiger partial charge in [-0.1, -0.05) is 12.1 Å². The summed E-state index contributed by atoms with van der Waals surface area (Å²) >= 11 is 0. The molecule has 0 saturated heterocycles. The molecule has 0 spiro atoms. The van der Waals surface area contributed by atoms with Crippen LogP contribution in [0.5, 0.6) is 0 Å². The number of aryl methyl sites for hydroxylation is 2. The number of carbonyl (C=O) groups excluding carboxylic acids is 1. The largest absolute Gasteiger partial charge is 0.463 e. The molecule has 2 aromatic heterocycles. The molecule has 0 N–H and O–H groups in total. The molecule has 0 bridgehead atoms. The zero-order valence-electron chi connectivity index (χ0n) is 11.3. The molecule has 0 amide bonds. The lowest BCUT2D eigenvalue weighted by Crippen LogP contribution is -1.98. The van der Waals surface area contributed by atoms with Crippen molar-refractivity contribution in [3.63, 3.8) is 0 Å². The Kier molecular flexibility index (Phi) is 2.99. The minimum absolute atomic E-state index is 0.515. The maximum atomic E-state index is 11.2. The first-order chi connectivity index (χ1) is 9.69. The van der Waals surface area contributed by atoms with Gasteiger partial charge in [0, 0.05) is 6.20 Å². The number of carbonyl (C=O) groups is 1. The average molecular weight is 266 g/mol. The second kappa shape index (κ2) is 4.81. The first-order valence-electron chi connectivity index (χ1n) is 6.35. The van der Waals surface area contributed by atoms with Crippen molar-refractivity contribution in [1.82, 2.24) is 9.78 Å². The standard InChI is InChI=1S/C16H14N2O2/c1-11-5-6-12(2)14(8-11)18-9-13(10-19)16(17-18)15-4-3-7-20-15/h3-10H,1-2H3. The van der Waals surface area contributed by atoms with Crippen molar-refractivity contribution in [3.8, 4) is 17.1 Å². The first kappa shape index (κ1) is 12.4. The van der Waals surface area contributed by atoms with Crippen LogP contribution < -0.4 is 0 Å². The second-order valence-corrected chi connectivity index (χ2v) is 4.76. The second-order valence-electron chi connectivity index (χ2n) is 4.76. The molecular formula is C16H14N2O2. The van der Waals surface area contributed by atoms with Crippen molar-refractivity contribution in [2.45, 2.75) is 13.8 Å². The van der Waals surface area contributed by atoms with Crippen LogP contribution >= 0.6 is 0 Å². The number of hydrogen-bond donors (Lipinski definition) is 0. The molecule has 4 heteroatoms. The summed E-state index contributed by atoms with van der Waals surface area (Å²) in [7, 11) is 0. The van der Waals surface area contributed by atoms with Gasteiger partial charge in [0.25, 0.3) is 0 Å². The molecule has 0 aliphatic heterocycles. The molecule has 0 radical (unpaired) electrons. The van der Waals surface area contributed by atoms with Gasteiger partial charge < -0.3 is 4.42 Å². The van der Waals surface area contributed by atoms with E-state index in [9.17, 15) is 4.79 Å². The van der Waals surface area contributed by atoms with Crippen molar-refractivity contribution in [3.05, 3.63) is 59.5 Å². The molecule has 1 aromatic carbocycles. The number of aromatic nitrogens is 2. The predicted octanol–water partition coefficient (Wildman–Crippen LogP) is 3.56. The van der Waals surface area contributed by atoms with Gasteiger partial charge in [-0.2, -0.15) is 5.10 Å². The molecule has 3 rings (SSSR count). The van der Waals surface area contributed by atoms with E-state index in [0.29, 0.717) is 17.0 Å². The van der Waals surface area contributed by atoms with Gasteiger partial charge in [0.05, 0.1) is 17.5 Å². The van der Waals surface area contributed by atoms with E-state index in [1.54, 1.807) is 29.3 Å². The number of furan rings is 1. The molecule has 0 fully saturated rings. The third-order valence-corrected chi connectivity index (χ3v) is 3.24. The number of hydrogen-bond acceptors (Lipinski definition) is 3. The zero-order chi connectivity index (χ0) is 14.1. The number of benzene rings is 1. The van der Waals surface area contributed by atoms with Gasteiger partial charge in [-0.25, -0.2) is 4.68 Å². The van der Waals surface area contributed by atoms with E-state index >= 15 is 0 Å². The van der Waals surface area contributed by atoms with Crippen LogP contribution in [0.25, 0.3) is 17.1 Å². The highest BCUT2D eigenvalue weighted by Crippen LogP contribution is 2.24. The van der Waals surface area contributed by atoms with Crippen LogP contribution in [0, 0.1) is 13.8 Å². The molecule has 0 saturated carbocycles. The zero-order valence-corrected chi connectivity index (χ0v) is 11.3. The van der Waals surface area contributed by atoms with Gasteiger partial charge in [0.1, 0.15) is 5.69 Å². The average Bonchev–Trinajstić information content (AvgIpc) is 3.09. The molecule has 0 atom stereocenters. The highest BCUT2D eigenvalue weighted by Gasteiger charge is 2.14. The molecule has 4 nitrogen and oxygen atoms in total. The van der Waals surface area contributed by atoms with E-state index in [0.717, 1.165) is 23.1 Å². The fourth-order valence-electron chi connectivity index (χ4n) is 2.17. The van der Waals surface area contributed by atoms with E-state index in [1.165, 1.54) is 0 Å². The van der Waals surface area contributed by atoms with Crippen LogP contribution in [0.15, 0.2) is 47.2 Å². The number of nitrogens with zero attached hydrogens (tertiary/aromatic N) is 2. The van der Waals surface area contributed by atoms with Crippen molar-refractivity contribution in [2.24, 2.45) is 0 Å². The van der Waals surface area contributed by atoms with E-state index in [-0.39, 0.29) is 0 Å². The third kappa shape index (κ3) is 2.05. The predicted molar refractivity (Wildman–Crippen MR) is 76.1 cm³/mol. The molecule has 3 aromatic rings. The third-order valence-electron chi connectivity index (χ3n) is 3.24. The van der Waals surface area contributed by atoms with Gasteiger partial charge >= 0.3 is 0 Å². The lowest BCUT2D eigenvalue weighted by Gasteiger charge is -2.06. The quantitative estimate of drug-likeness (QED) is 0.681. The lowest BCUT2D eigenvalue weighted by atomic mass is 10.1. The SMILES string of the molecule is Cc1ccc(C)c(-n2cc(C=O)c(-c3ccco3)n2)c1. The molecule has 0 aliphatic carbocycles. The van der Waals surface area contributed by atoms with Crippen LogP contribution in [0.2, 0.25) is 0 Å². The first-order valence-corrected chi connectivity index (χ1v) is 6.35. The van der Waals surface area contributed by atoms with Crippen molar-refractivity contribution in [2.75, 3.05) is 0 Å². The van der Waals surface area contributed by atoms with Crippen molar-refractivity contribution < 1.29 is 9.21 Å². The van der Waals surface area contributed by atoms with E-state index < -0.39 is 0 Å². The summed E-state index contributed by atoms with van der Waals surface area (Å²) in [5.74, 6) is 0.594. The smallest absolute Gasteiger partial charge is 0.154 e. The van der Waals surface area contributed by atoms with Crippen LogP contribution in [-0.2, 0) is 0 Å². The Morgan fingerprint density at radius 3 is 2.80 bits per heavy atom.